The first-order valence-corrected chi connectivity index (χ1v) is 13.7. The number of nitrogens with two attached hydrogens (primary N) is 1. The number of halogens is 1. The Balaban J connectivity index is 1.30. The van der Waals surface area contributed by atoms with Gasteiger partial charge in [-0.25, -0.2) is 4.39 Å². The maximum atomic E-state index is 14.4. The fourth-order valence-corrected chi connectivity index (χ4v) is 5.61. The molecule has 2 aromatic heterocycles. The third kappa shape index (κ3) is 5.31. The summed E-state index contributed by atoms with van der Waals surface area (Å²) in [5.74, 6) is -0.628. The van der Waals surface area contributed by atoms with Gasteiger partial charge in [0.1, 0.15) is 23.0 Å². The first-order chi connectivity index (χ1) is 20.3. The van der Waals surface area contributed by atoms with Crippen molar-refractivity contribution in [3.05, 3.63) is 59.5 Å². The number of amides is 2. The SMILES string of the molecule is COc1cc2c(cc1Nc1nc(Nc3cccc(F)c3C(N)=O)c3cc[nH]c3n1)N(C(=O)CN1CCCC(O)C1)CC2. The summed E-state index contributed by atoms with van der Waals surface area (Å²) < 4.78 is 20.1. The van der Waals surface area contributed by atoms with Crippen LogP contribution >= 0.6 is 0 Å². The molecule has 6 rings (SSSR count). The van der Waals surface area contributed by atoms with Gasteiger partial charge < -0.3 is 36.1 Å². The molecule has 218 valence electrons. The van der Waals surface area contributed by atoms with Gasteiger partial charge in [-0.1, -0.05) is 6.07 Å². The van der Waals surface area contributed by atoms with Crippen LogP contribution in [0.2, 0.25) is 0 Å². The number of nitrogens with zero attached hydrogens (tertiary/aromatic N) is 4. The van der Waals surface area contributed by atoms with Gasteiger partial charge in [0, 0.05) is 25.0 Å². The molecule has 2 aromatic carbocycles. The van der Waals surface area contributed by atoms with Crippen molar-refractivity contribution in [2.45, 2.75) is 25.4 Å². The number of anilines is 5. The van der Waals surface area contributed by atoms with E-state index in [0.29, 0.717) is 47.8 Å². The van der Waals surface area contributed by atoms with Crippen molar-refractivity contribution in [2.24, 2.45) is 5.73 Å². The van der Waals surface area contributed by atoms with Gasteiger partial charge in [0.25, 0.3) is 5.91 Å². The van der Waals surface area contributed by atoms with E-state index < -0.39 is 17.8 Å². The Morgan fingerprint density at radius 1 is 1.19 bits per heavy atom. The highest BCUT2D eigenvalue weighted by Gasteiger charge is 2.29. The molecule has 42 heavy (non-hydrogen) atoms. The standard InChI is InChI=1S/C29H31FN8O4/c1-42-23-12-16-8-11-38(24(40)15-37-10-3-4-17(39)14-37)22(16)13-21(23)34-29-35-27-18(7-9-32-27)28(36-29)33-20-6-2-5-19(30)25(20)26(31)41/h2,5-7,9,12-13,17,39H,3-4,8,10-11,14-15H2,1H3,(H2,31,41)(H3,32,33,34,35,36). The number of likely N-dealkylation sites (tertiary alicyclic amines) is 1. The third-order valence-corrected chi connectivity index (χ3v) is 7.61. The number of aliphatic hydroxyl groups excluding tert-OH is 1. The van der Waals surface area contributed by atoms with Crippen LogP contribution in [-0.4, -0.2) is 76.2 Å². The van der Waals surface area contributed by atoms with Crippen LogP contribution in [0.1, 0.15) is 28.8 Å². The monoisotopic (exact) mass is 574 g/mol. The molecular weight excluding hydrogens is 543 g/mol. The summed E-state index contributed by atoms with van der Waals surface area (Å²) in [5, 5.41) is 16.8. The van der Waals surface area contributed by atoms with E-state index in [2.05, 4.69) is 25.6 Å². The second kappa shape index (κ2) is 11.3. The molecule has 1 unspecified atom stereocenters. The minimum absolute atomic E-state index is 0.0325. The number of aliphatic hydroxyl groups is 1. The lowest BCUT2D eigenvalue weighted by atomic mass is 10.1. The largest absolute Gasteiger partial charge is 0.495 e. The normalized spacial score (nSPS) is 16.8. The summed E-state index contributed by atoms with van der Waals surface area (Å²) in [4.78, 5) is 41.2. The van der Waals surface area contributed by atoms with E-state index in [1.54, 1.807) is 24.3 Å². The number of carbonyl (C=O) groups excluding carboxylic acids is 2. The van der Waals surface area contributed by atoms with Crippen molar-refractivity contribution in [2.75, 3.05) is 48.8 Å². The molecule has 2 aliphatic heterocycles. The number of piperidine rings is 1. The third-order valence-electron chi connectivity index (χ3n) is 7.61. The van der Waals surface area contributed by atoms with Crippen LogP contribution in [-0.2, 0) is 11.2 Å². The van der Waals surface area contributed by atoms with Crippen molar-refractivity contribution in [1.82, 2.24) is 19.9 Å². The Bertz CT molecular complexity index is 1680. The number of aromatic nitrogens is 3. The van der Waals surface area contributed by atoms with Gasteiger partial charge in [-0.2, -0.15) is 9.97 Å². The van der Waals surface area contributed by atoms with Crippen molar-refractivity contribution >= 4 is 51.7 Å². The van der Waals surface area contributed by atoms with Crippen molar-refractivity contribution < 1.29 is 23.8 Å². The van der Waals surface area contributed by atoms with Gasteiger partial charge in [-0.05, 0) is 61.7 Å². The van der Waals surface area contributed by atoms with Gasteiger partial charge in [-0.3, -0.25) is 14.5 Å². The van der Waals surface area contributed by atoms with E-state index in [9.17, 15) is 19.1 Å². The van der Waals surface area contributed by atoms with Crippen LogP contribution in [0.4, 0.5) is 33.2 Å². The summed E-state index contributed by atoms with van der Waals surface area (Å²) in [6.07, 6.45) is 3.59. The first-order valence-electron chi connectivity index (χ1n) is 13.7. The molecule has 13 heteroatoms. The number of rotatable bonds is 8. The van der Waals surface area contributed by atoms with Crippen molar-refractivity contribution in [1.29, 1.82) is 0 Å². The van der Waals surface area contributed by atoms with E-state index in [1.165, 1.54) is 12.1 Å². The Kier molecular flexibility index (Phi) is 7.35. The lowest BCUT2D eigenvalue weighted by molar-refractivity contribution is -0.120. The number of fused-ring (bicyclic) bond motifs is 2. The van der Waals surface area contributed by atoms with E-state index in [4.69, 9.17) is 10.5 Å². The Labute approximate surface area is 240 Å². The average molecular weight is 575 g/mol. The highest BCUT2D eigenvalue weighted by Crippen LogP contribution is 2.39. The van der Waals surface area contributed by atoms with E-state index in [1.807, 2.05) is 17.0 Å². The number of hydrogen-bond acceptors (Lipinski definition) is 9. The van der Waals surface area contributed by atoms with E-state index in [-0.39, 0.29) is 29.7 Å². The van der Waals surface area contributed by atoms with Crippen LogP contribution < -0.4 is 26.0 Å². The zero-order valence-electron chi connectivity index (χ0n) is 23.0. The molecule has 0 radical (unpaired) electrons. The molecule has 1 saturated heterocycles. The number of benzene rings is 2. The predicted octanol–water partition coefficient (Wildman–Crippen LogP) is 3.04. The summed E-state index contributed by atoms with van der Waals surface area (Å²) in [5.41, 5.74) is 8.12. The van der Waals surface area contributed by atoms with E-state index in [0.717, 1.165) is 36.7 Å². The number of β-amino-alcohol motifs (C(OH)–C–C–N with tert-alkyl or cyclic N) is 1. The Morgan fingerprint density at radius 3 is 2.83 bits per heavy atom. The number of ether oxygens (including phenoxy) is 1. The topological polar surface area (TPSA) is 162 Å². The molecule has 0 spiro atoms. The zero-order valence-corrected chi connectivity index (χ0v) is 23.0. The quantitative estimate of drug-likeness (QED) is 0.213. The van der Waals surface area contributed by atoms with Gasteiger partial charge >= 0.3 is 0 Å². The minimum atomic E-state index is -0.910. The predicted molar refractivity (Wildman–Crippen MR) is 156 cm³/mol. The van der Waals surface area contributed by atoms with E-state index >= 15 is 0 Å². The Hall–Kier alpha value is -4.75. The van der Waals surface area contributed by atoms with Gasteiger partial charge in [0.2, 0.25) is 11.9 Å². The number of methoxy groups -OCH3 is 1. The number of hydrogen-bond donors (Lipinski definition) is 5. The molecule has 4 heterocycles. The first kappa shape index (κ1) is 27.4. The van der Waals surface area contributed by atoms with Crippen molar-refractivity contribution in [3.8, 4) is 5.75 Å². The number of H-pyrrole nitrogens is 1. The molecule has 4 aromatic rings. The van der Waals surface area contributed by atoms with Crippen LogP contribution in [0.25, 0.3) is 11.0 Å². The second-order valence-electron chi connectivity index (χ2n) is 10.4. The lowest BCUT2D eigenvalue weighted by Gasteiger charge is -2.31. The maximum absolute atomic E-state index is 14.4. The van der Waals surface area contributed by atoms with Gasteiger partial charge in [0.15, 0.2) is 0 Å². The van der Waals surface area contributed by atoms with Crippen LogP contribution in [0, 0.1) is 5.82 Å². The number of aromatic amines is 1. The molecule has 12 nitrogen and oxygen atoms in total. The summed E-state index contributed by atoms with van der Waals surface area (Å²) >= 11 is 0. The smallest absolute Gasteiger partial charge is 0.253 e. The second-order valence-corrected chi connectivity index (χ2v) is 10.4. The molecule has 6 N–H and O–H groups in total. The summed E-state index contributed by atoms with van der Waals surface area (Å²) in [6.45, 7) is 2.06. The average Bonchev–Trinajstić information content (AvgIpc) is 3.59. The van der Waals surface area contributed by atoms with Gasteiger partial charge in [0.05, 0.1) is 42.1 Å². The molecule has 2 aliphatic rings. The molecule has 2 amide bonds. The molecule has 0 aliphatic carbocycles. The number of primary amides is 1. The summed E-state index contributed by atoms with van der Waals surface area (Å²) in [7, 11) is 1.56. The lowest BCUT2D eigenvalue weighted by Crippen LogP contribution is -2.45. The van der Waals surface area contributed by atoms with Crippen LogP contribution in [0.5, 0.6) is 5.75 Å². The maximum Gasteiger partial charge on any atom is 0.253 e. The van der Waals surface area contributed by atoms with Crippen LogP contribution in [0.15, 0.2) is 42.6 Å². The molecule has 0 saturated carbocycles. The molecule has 1 fully saturated rings. The fourth-order valence-electron chi connectivity index (χ4n) is 5.61. The van der Waals surface area contributed by atoms with Crippen molar-refractivity contribution in [3.63, 3.8) is 0 Å². The highest BCUT2D eigenvalue weighted by molar-refractivity contribution is 6.01. The highest BCUT2D eigenvalue weighted by atomic mass is 19.1. The molecule has 1 atom stereocenters. The molecule has 0 bridgehead atoms. The van der Waals surface area contributed by atoms with Crippen LogP contribution in [0.3, 0.4) is 0 Å². The fraction of sp³-hybridized carbons (Fsp3) is 0.310. The summed E-state index contributed by atoms with van der Waals surface area (Å²) in [6, 6.07) is 9.66. The molecular formula is C29H31FN8O4. The number of nitrogens with one attached hydrogen (secondary N) is 3. The minimum Gasteiger partial charge on any atom is -0.495 e. The number of carbonyl (C=O) groups is 2. The van der Waals surface area contributed by atoms with Gasteiger partial charge in [-0.15, -0.1) is 0 Å². The Morgan fingerprint density at radius 2 is 2.05 bits per heavy atom. The zero-order chi connectivity index (χ0) is 29.4.